The van der Waals surface area contributed by atoms with Crippen LogP contribution in [-0.2, 0) is 14.2 Å². The molecular formula is C9H13N6O13+. The van der Waals surface area contributed by atoms with Gasteiger partial charge < -0.3 is 14.2 Å². The lowest BCUT2D eigenvalue weighted by atomic mass is 10.2. The van der Waals surface area contributed by atoms with E-state index in [0.717, 1.165) is 0 Å². The van der Waals surface area contributed by atoms with Crippen molar-refractivity contribution in [3.8, 4) is 0 Å². The Labute approximate surface area is 152 Å². The van der Waals surface area contributed by atoms with Crippen LogP contribution in [-0.4, -0.2) is 67.7 Å². The summed E-state index contributed by atoms with van der Waals surface area (Å²) in [4.78, 5) is 59.4. The van der Waals surface area contributed by atoms with E-state index < -0.39 is 67.7 Å². The fourth-order valence-electron chi connectivity index (χ4n) is 1.70. The fourth-order valence-corrected chi connectivity index (χ4v) is 1.70. The normalized spacial score (nSPS) is 17.8. The lowest BCUT2D eigenvalue weighted by molar-refractivity contribution is -0.970. The van der Waals surface area contributed by atoms with Crippen LogP contribution in [0.3, 0.4) is 0 Å². The lowest BCUT2D eigenvalue weighted by Crippen LogP contribution is -2.65. The Hall–Kier alpha value is -3.61. The monoisotopic (exact) mass is 413 g/mol. The number of nitrogens with zero attached hydrogens (tertiary/aromatic N) is 5. The van der Waals surface area contributed by atoms with Gasteiger partial charge in [0.1, 0.15) is 4.92 Å². The van der Waals surface area contributed by atoms with Gasteiger partial charge in [0.15, 0.2) is 33.8 Å². The highest BCUT2D eigenvalue weighted by Crippen LogP contribution is 2.25. The summed E-state index contributed by atoms with van der Waals surface area (Å²) in [5, 5.41) is 43.4. The molecule has 1 N–H and O–H groups in total. The molecule has 1 heterocycles. The molecule has 1 fully saturated rings. The van der Waals surface area contributed by atoms with E-state index in [9.17, 15) is 50.2 Å². The van der Waals surface area contributed by atoms with Gasteiger partial charge in [-0.2, -0.15) is 0 Å². The summed E-state index contributed by atoms with van der Waals surface area (Å²) in [6.07, 6.45) is -1.96. The number of hydrogen-bond donors (Lipinski definition) is 1. The molecule has 0 aromatic rings. The topological polar surface area (TPSA) is 249 Å². The van der Waals surface area contributed by atoms with E-state index in [2.05, 4.69) is 4.74 Å². The van der Waals surface area contributed by atoms with Gasteiger partial charge in [-0.1, -0.05) is 0 Å². The molecule has 19 heteroatoms. The Kier molecular flexibility index (Phi) is 6.05. The van der Waals surface area contributed by atoms with Crippen molar-refractivity contribution in [2.75, 3.05) is 19.8 Å². The average molecular weight is 413 g/mol. The number of carbonyl (C=O) groups is 1. The van der Waals surface area contributed by atoms with Crippen LogP contribution in [0.15, 0.2) is 0 Å². The second-order valence-corrected chi connectivity index (χ2v) is 5.74. The van der Waals surface area contributed by atoms with Crippen molar-refractivity contribution in [3.05, 3.63) is 45.4 Å². The van der Waals surface area contributed by atoms with E-state index in [0.29, 0.717) is 0 Å². The maximum atomic E-state index is 12.0. The third-order valence-electron chi connectivity index (χ3n) is 3.49. The van der Waals surface area contributed by atoms with Gasteiger partial charge in [-0.15, -0.1) is 0 Å². The van der Waals surface area contributed by atoms with Gasteiger partial charge in [-0.05, 0) is 19.3 Å². The molecule has 0 unspecified atom stereocenters. The maximum absolute atomic E-state index is 12.0. The van der Waals surface area contributed by atoms with Crippen LogP contribution in [0.4, 0.5) is 4.79 Å². The molecular weight excluding hydrogens is 400 g/mol. The zero-order valence-electron chi connectivity index (χ0n) is 14.2. The van der Waals surface area contributed by atoms with E-state index in [-0.39, 0.29) is 0 Å². The molecule has 1 aliphatic rings. The summed E-state index contributed by atoms with van der Waals surface area (Å²) in [5.41, 5.74) is -1.44. The van der Waals surface area contributed by atoms with Gasteiger partial charge in [0, 0.05) is 0 Å². The van der Waals surface area contributed by atoms with Crippen molar-refractivity contribution in [1.29, 1.82) is 0 Å². The first-order valence-electron chi connectivity index (χ1n) is 6.98. The number of nitro groups is 4. The van der Waals surface area contributed by atoms with Crippen LogP contribution in [0.25, 0.3) is 0 Å². The Balaban J connectivity index is 2.90. The highest BCUT2D eigenvalue weighted by molar-refractivity contribution is 5.65. The van der Waals surface area contributed by atoms with Crippen molar-refractivity contribution in [2.45, 2.75) is 31.1 Å². The lowest BCUT2D eigenvalue weighted by Gasteiger charge is -2.32. The molecule has 0 aliphatic carbocycles. The standard InChI is InChI=1S/C9H12N6O13/c1-7(2)27-3-8(4-28-7,12(18)19)11(17)10-6(16)26-5-9(13(20)21,14(22)23)15(24)25/h3-5H2,1-2H3/p+1. The minimum Gasteiger partial charge on any atom is -0.421 e. The Morgan fingerprint density at radius 1 is 1.00 bits per heavy atom. The first-order valence-corrected chi connectivity index (χ1v) is 6.98. The number of hydrogen-bond acceptors (Lipinski definition) is 13. The molecule has 0 aromatic heterocycles. The molecule has 0 radical (unpaired) electrons. The van der Waals surface area contributed by atoms with E-state index in [4.69, 9.17) is 9.47 Å². The van der Waals surface area contributed by atoms with Gasteiger partial charge in [0.25, 0.3) is 0 Å². The number of nitroso groups, excluding NO2 is 1. The summed E-state index contributed by atoms with van der Waals surface area (Å²) in [7, 11) is 0. The molecule has 156 valence electrons. The number of ether oxygens (including phenoxy) is 3. The highest BCUT2D eigenvalue weighted by Gasteiger charge is 2.72. The second kappa shape index (κ2) is 7.56. The molecule has 0 spiro atoms. The number of nitrogens with one attached hydrogen (secondary N) is 1. The molecule has 1 rings (SSSR count). The van der Waals surface area contributed by atoms with E-state index in [1.807, 2.05) is 0 Å². The minimum atomic E-state index is -4.13. The predicted octanol–water partition coefficient (Wildman–Crippen LogP) is -1.35. The van der Waals surface area contributed by atoms with E-state index in [1.165, 1.54) is 19.3 Å². The summed E-state index contributed by atoms with van der Waals surface area (Å²) < 4.78 is 14.0. The third-order valence-corrected chi connectivity index (χ3v) is 3.49. The van der Waals surface area contributed by atoms with Gasteiger partial charge in [0.2, 0.25) is 4.87 Å². The van der Waals surface area contributed by atoms with Crippen molar-refractivity contribution in [1.82, 2.24) is 5.43 Å². The Bertz CT molecular complexity index is 688. The van der Waals surface area contributed by atoms with Gasteiger partial charge in [-0.3, -0.25) is 40.5 Å². The Morgan fingerprint density at radius 2 is 1.43 bits per heavy atom. The second-order valence-electron chi connectivity index (χ2n) is 5.74. The average Bonchev–Trinajstić information content (AvgIpc) is 2.54. The number of hydrazine groups is 1. The van der Waals surface area contributed by atoms with Crippen molar-refractivity contribution >= 4 is 6.09 Å². The van der Waals surface area contributed by atoms with E-state index >= 15 is 0 Å². The van der Waals surface area contributed by atoms with Gasteiger partial charge in [-0.25, -0.2) is 4.79 Å². The zero-order chi connectivity index (χ0) is 21.9. The van der Waals surface area contributed by atoms with Gasteiger partial charge in [0.05, 0.1) is 4.91 Å². The first-order chi connectivity index (χ1) is 12.7. The number of rotatable bonds is 8. The van der Waals surface area contributed by atoms with Crippen LogP contribution in [0.5, 0.6) is 0 Å². The van der Waals surface area contributed by atoms with Crippen LogP contribution >= 0.6 is 0 Å². The Morgan fingerprint density at radius 3 is 1.79 bits per heavy atom. The van der Waals surface area contributed by atoms with Crippen molar-refractivity contribution in [3.63, 3.8) is 0 Å². The van der Waals surface area contributed by atoms with Crippen LogP contribution < -0.4 is 5.43 Å². The molecule has 28 heavy (non-hydrogen) atoms. The molecule has 19 nitrogen and oxygen atoms in total. The summed E-state index contributed by atoms with van der Waals surface area (Å²) >= 11 is 0. The largest absolute Gasteiger partial charge is 0.734 e. The number of carbonyl (C=O) groups excluding carboxylic acids is 1. The van der Waals surface area contributed by atoms with Gasteiger partial charge >= 0.3 is 24.1 Å². The number of amides is 1. The third kappa shape index (κ3) is 4.03. The zero-order valence-corrected chi connectivity index (χ0v) is 14.2. The molecule has 1 saturated heterocycles. The van der Waals surface area contributed by atoms with Crippen LogP contribution in [0.2, 0.25) is 0 Å². The van der Waals surface area contributed by atoms with Crippen molar-refractivity contribution in [2.24, 2.45) is 0 Å². The fraction of sp³-hybridized carbons (Fsp3) is 0.889. The first kappa shape index (κ1) is 22.4. The summed E-state index contributed by atoms with van der Waals surface area (Å²) in [5.74, 6) is -5.41. The van der Waals surface area contributed by atoms with Crippen LogP contribution in [0.1, 0.15) is 13.8 Å². The molecule has 0 aromatic carbocycles. The predicted molar refractivity (Wildman–Crippen MR) is 77.5 cm³/mol. The minimum absolute atomic E-state index is 0.656. The van der Waals surface area contributed by atoms with Crippen molar-refractivity contribution < 1.29 is 43.6 Å². The molecule has 0 bridgehead atoms. The molecule has 0 atom stereocenters. The molecule has 0 saturated carbocycles. The summed E-state index contributed by atoms with van der Waals surface area (Å²) in [6, 6.07) is 0. The molecule has 1 aliphatic heterocycles. The summed E-state index contributed by atoms with van der Waals surface area (Å²) in [6.45, 7) is -0.954. The SMILES string of the molecule is CC1(C)OCC([N+](=O)[O-])([N+](=O)NC(=O)OCC([N+](=O)[O-])([N+](=O)[O-])[N+](=O)[O-])CO1. The smallest absolute Gasteiger partial charge is 0.421 e. The van der Waals surface area contributed by atoms with E-state index in [1.54, 1.807) is 0 Å². The van der Waals surface area contributed by atoms with Crippen LogP contribution in [0, 0.1) is 45.4 Å². The maximum Gasteiger partial charge on any atom is 0.734 e. The molecule has 1 amide bonds. The highest BCUT2D eigenvalue weighted by atomic mass is 16.8. The quantitative estimate of drug-likeness (QED) is 0.209.